The van der Waals surface area contributed by atoms with Gasteiger partial charge in [0.1, 0.15) is 23.7 Å². The maximum atomic E-state index is 12.1. The number of rotatable bonds is 5. The molecule has 0 unspecified atom stereocenters. The van der Waals surface area contributed by atoms with Gasteiger partial charge in [0.25, 0.3) is 5.91 Å². The molecule has 196 valence electrons. The number of anilines is 1. The Balaban J connectivity index is 1.21. The summed E-state index contributed by atoms with van der Waals surface area (Å²) in [6, 6.07) is 15.6. The molecule has 2 heterocycles. The average molecular weight is 512 g/mol. The highest BCUT2D eigenvalue weighted by Crippen LogP contribution is 2.51. The minimum atomic E-state index is -0.215. The summed E-state index contributed by atoms with van der Waals surface area (Å²) in [6.45, 7) is 1.55. The van der Waals surface area contributed by atoms with Crippen LogP contribution in [0, 0.1) is 17.3 Å². The van der Waals surface area contributed by atoms with Crippen molar-refractivity contribution in [1.82, 2.24) is 14.9 Å². The van der Waals surface area contributed by atoms with Crippen LogP contribution in [0.1, 0.15) is 51.8 Å². The number of fused-ring (bicyclic) bond motifs is 1. The van der Waals surface area contributed by atoms with Crippen LogP contribution in [0.3, 0.4) is 0 Å². The molecule has 8 nitrogen and oxygen atoms in total. The Morgan fingerprint density at radius 2 is 2.00 bits per heavy atom. The van der Waals surface area contributed by atoms with Crippen LogP contribution in [0.4, 0.5) is 5.82 Å². The number of aliphatic hydroxyl groups excluding tert-OH is 1. The Morgan fingerprint density at radius 1 is 1.21 bits per heavy atom. The summed E-state index contributed by atoms with van der Waals surface area (Å²) < 4.78 is 5.69. The fourth-order valence-electron chi connectivity index (χ4n) is 5.54. The van der Waals surface area contributed by atoms with Crippen molar-refractivity contribution in [2.45, 2.75) is 31.9 Å². The summed E-state index contributed by atoms with van der Waals surface area (Å²) in [5.74, 6) is 7.08. The number of benzene rings is 2. The van der Waals surface area contributed by atoms with E-state index in [-0.39, 0.29) is 30.6 Å². The molecule has 5 rings (SSSR count). The summed E-state index contributed by atoms with van der Waals surface area (Å²) in [4.78, 5) is 25.0. The molecule has 1 saturated heterocycles. The maximum absolute atomic E-state index is 12.1. The number of carbonyl (C=O) groups is 1. The maximum Gasteiger partial charge on any atom is 0.253 e. The summed E-state index contributed by atoms with van der Waals surface area (Å²) >= 11 is 0. The van der Waals surface area contributed by atoms with Crippen molar-refractivity contribution >= 4 is 11.7 Å². The first-order valence-corrected chi connectivity index (χ1v) is 12.9. The molecule has 0 bridgehead atoms. The van der Waals surface area contributed by atoms with Gasteiger partial charge in [0.05, 0.1) is 12.8 Å². The lowest BCUT2D eigenvalue weighted by Crippen LogP contribution is -2.45. The number of aliphatic hydroxyl groups is 1. The molecular weight excluding hydrogens is 478 g/mol. The van der Waals surface area contributed by atoms with E-state index in [9.17, 15) is 9.90 Å². The normalized spacial score (nSPS) is 17.5. The number of carbonyl (C=O) groups excluding carboxylic acids is 1. The molecule has 3 N–H and O–H groups in total. The van der Waals surface area contributed by atoms with Crippen molar-refractivity contribution in [3.05, 3.63) is 82.8 Å². The van der Waals surface area contributed by atoms with E-state index in [2.05, 4.69) is 51.0 Å². The molecule has 1 atom stereocenters. The van der Waals surface area contributed by atoms with Gasteiger partial charge in [-0.15, -0.1) is 0 Å². The predicted octanol–water partition coefficient (Wildman–Crippen LogP) is 2.94. The molecular formula is C30H33N5O3. The predicted molar refractivity (Wildman–Crippen MR) is 146 cm³/mol. The molecule has 1 spiro atoms. The number of piperidine rings is 1. The molecule has 2 aliphatic rings. The minimum absolute atomic E-state index is 0.0556. The van der Waals surface area contributed by atoms with Gasteiger partial charge in [0.2, 0.25) is 0 Å². The van der Waals surface area contributed by atoms with E-state index in [1.54, 1.807) is 44.6 Å². The van der Waals surface area contributed by atoms with Crippen molar-refractivity contribution in [3.8, 4) is 17.6 Å². The van der Waals surface area contributed by atoms with Crippen molar-refractivity contribution in [2.24, 2.45) is 11.1 Å². The SMILES string of the molecule is CN(C)C(=O)c1cccc(OCC#Cc2cnc(N3CCC4(CC3)Cc3ccccc3[C@H]4N)c(CO)n2)c1. The van der Waals surface area contributed by atoms with Crippen molar-refractivity contribution in [2.75, 3.05) is 38.7 Å². The Bertz CT molecular complexity index is 1390. The molecule has 1 fully saturated rings. The van der Waals surface area contributed by atoms with Crippen LogP contribution in [-0.2, 0) is 13.0 Å². The van der Waals surface area contributed by atoms with Crippen molar-refractivity contribution in [1.29, 1.82) is 0 Å². The van der Waals surface area contributed by atoms with Gasteiger partial charge in [-0.25, -0.2) is 9.97 Å². The monoisotopic (exact) mass is 511 g/mol. The third kappa shape index (κ3) is 5.08. The number of hydrogen-bond donors (Lipinski definition) is 2. The number of nitrogens with zero attached hydrogens (tertiary/aromatic N) is 4. The van der Waals surface area contributed by atoms with Crippen LogP contribution in [0.25, 0.3) is 0 Å². The van der Waals surface area contributed by atoms with Gasteiger partial charge >= 0.3 is 0 Å². The molecule has 2 aromatic carbocycles. The van der Waals surface area contributed by atoms with Crippen LogP contribution >= 0.6 is 0 Å². The third-order valence-corrected chi connectivity index (χ3v) is 7.64. The second-order valence-electron chi connectivity index (χ2n) is 10.2. The van der Waals surface area contributed by atoms with Crippen molar-refractivity contribution in [3.63, 3.8) is 0 Å². The molecule has 8 heteroatoms. The first kappa shape index (κ1) is 25.7. The molecule has 1 amide bonds. The Labute approximate surface area is 223 Å². The van der Waals surface area contributed by atoms with Gasteiger partial charge in [0, 0.05) is 38.8 Å². The number of ether oxygens (including phenoxy) is 1. The van der Waals surface area contributed by atoms with E-state index in [0.29, 0.717) is 28.5 Å². The Hall–Kier alpha value is -3.93. The smallest absolute Gasteiger partial charge is 0.253 e. The zero-order valence-corrected chi connectivity index (χ0v) is 21.9. The highest BCUT2D eigenvalue weighted by Gasteiger charge is 2.46. The third-order valence-electron chi connectivity index (χ3n) is 7.64. The fourth-order valence-corrected chi connectivity index (χ4v) is 5.54. The topological polar surface area (TPSA) is 105 Å². The van der Waals surface area contributed by atoms with Crippen LogP contribution in [0.2, 0.25) is 0 Å². The van der Waals surface area contributed by atoms with E-state index in [0.717, 1.165) is 32.4 Å². The largest absolute Gasteiger partial charge is 0.481 e. The molecule has 3 aromatic rings. The standard InChI is InChI=1S/C30H33N5O3/c1-34(2)29(37)21-8-5-10-24(17-21)38-16-6-9-23-19-32-28(26(20-36)33-23)35-14-12-30(13-15-35)18-22-7-3-4-11-25(22)27(30)31/h3-5,7-8,10-11,17,19,27,36H,12-16,18,20,31H2,1-2H3/t27-/m1/s1. The lowest BCUT2D eigenvalue weighted by molar-refractivity contribution is 0.0827. The van der Waals surface area contributed by atoms with Gasteiger partial charge in [-0.05, 0) is 59.9 Å². The van der Waals surface area contributed by atoms with Gasteiger partial charge in [-0.2, -0.15) is 0 Å². The lowest BCUT2D eigenvalue weighted by atomic mass is 9.73. The fraction of sp³-hybridized carbons (Fsp3) is 0.367. The summed E-state index contributed by atoms with van der Waals surface area (Å²) in [5, 5.41) is 10.0. The zero-order chi connectivity index (χ0) is 26.7. The first-order valence-electron chi connectivity index (χ1n) is 12.9. The van der Waals surface area contributed by atoms with E-state index in [1.807, 2.05) is 0 Å². The average Bonchev–Trinajstić information content (AvgIpc) is 3.22. The minimum Gasteiger partial charge on any atom is -0.481 e. The zero-order valence-electron chi connectivity index (χ0n) is 21.9. The van der Waals surface area contributed by atoms with E-state index in [4.69, 9.17) is 10.5 Å². The number of hydrogen-bond acceptors (Lipinski definition) is 7. The van der Waals surface area contributed by atoms with Gasteiger partial charge in [-0.3, -0.25) is 4.79 Å². The van der Waals surface area contributed by atoms with E-state index < -0.39 is 0 Å². The highest BCUT2D eigenvalue weighted by atomic mass is 16.5. The van der Waals surface area contributed by atoms with Gasteiger partial charge in [-0.1, -0.05) is 36.3 Å². The van der Waals surface area contributed by atoms with Crippen LogP contribution < -0.4 is 15.4 Å². The lowest BCUT2D eigenvalue weighted by Gasteiger charge is -2.42. The number of nitrogens with two attached hydrogens (primary N) is 1. The number of amides is 1. The van der Waals surface area contributed by atoms with Gasteiger partial charge in [0.15, 0.2) is 5.82 Å². The first-order chi connectivity index (χ1) is 18.4. The molecule has 1 aromatic heterocycles. The van der Waals surface area contributed by atoms with Crippen LogP contribution in [-0.4, -0.2) is 59.7 Å². The summed E-state index contributed by atoms with van der Waals surface area (Å²) in [6.07, 6.45) is 4.59. The van der Waals surface area contributed by atoms with Crippen LogP contribution in [0.15, 0.2) is 54.7 Å². The Kier molecular flexibility index (Phi) is 7.32. The van der Waals surface area contributed by atoms with E-state index >= 15 is 0 Å². The second kappa shape index (κ2) is 10.8. The summed E-state index contributed by atoms with van der Waals surface area (Å²) in [5.41, 5.74) is 11.0. The quantitative estimate of drug-likeness (QED) is 0.508. The van der Waals surface area contributed by atoms with Gasteiger partial charge < -0.3 is 25.4 Å². The molecule has 0 saturated carbocycles. The van der Waals surface area contributed by atoms with Crippen molar-refractivity contribution < 1.29 is 14.6 Å². The Morgan fingerprint density at radius 3 is 2.74 bits per heavy atom. The number of aromatic nitrogens is 2. The van der Waals surface area contributed by atoms with Crippen LogP contribution in [0.5, 0.6) is 5.75 Å². The molecule has 0 radical (unpaired) electrons. The molecule has 38 heavy (non-hydrogen) atoms. The molecule has 1 aliphatic carbocycles. The molecule has 1 aliphatic heterocycles. The van der Waals surface area contributed by atoms with E-state index in [1.165, 1.54) is 16.0 Å². The second-order valence-corrected chi connectivity index (χ2v) is 10.2. The highest BCUT2D eigenvalue weighted by molar-refractivity contribution is 5.94. The summed E-state index contributed by atoms with van der Waals surface area (Å²) in [7, 11) is 3.42.